The van der Waals surface area contributed by atoms with Gasteiger partial charge in [0.15, 0.2) is 0 Å². The van der Waals surface area contributed by atoms with Gasteiger partial charge in [0.1, 0.15) is 0 Å². The van der Waals surface area contributed by atoms with E-state index in [1.54, 1.807) is 0 Å². The van der Waals surface area contributed by atoms with Crippen molar-refractivity contribution in [2.45, 2.75) is 19.8 Å². The first-order chi connectivity index (χ1) is 13.7. The summed E-state index contributed by atoms with van der Waals surface area (Å²) in [5.41, 5.74) is 4.34. The van der Waals surface area contributed by atoms with Gasteiger partial charge in [0.2, 0.25) is 0 Å². The highest BCUT2D eigenvalue weighted by Gasteiger charge is 2.25. The number of hydrogen-bond donors (Lipinski definition) is 0. The molecule has 2 aromatic rings. The van der Waals surface area contributed by atoms with Gasteiger partial charge in [-0.2, -0.15) is 0 Å². The van der Waals surface area contributed by atoms with E-state index in [4.69, 9.17) is 4.74 Å². The maximum atomic E-state index is 13.1. The molecule has 148 valence electrons. The zero-order valence-electron chi connectivity index (χ0n) is 16.8. The second-order valence-electron chi connectivity index (χ2n) is 8.04. The van der Waals surface area contributed by atoms with Crippen molar-refractivity contribution < 1.29 is 9.53 Å². The number of rotatable bonds is 4. The average Bonchev–Trinajstić information content (AvgIpc) is 2.75. The summed E-state index contributed by atoms with van der Waals surface area (Å²) in [6, 6.07) is 16.4. The number of ether oxygens (including phenoxy) is 1. The standard InChI is InChI=1S/C24H30N2O2/c1-19-5-2-3-8-23(19)21-6-4-7-22(17-21)24(27)26-11-9-20(10-12-26)18-25-13-15-28-16-14-25/h2-8,17,20H,9-16,18H2,1H3. The maximum absolute atomic E-state index is 13.1. The quantitative estimate of drug-likeness (QED) is 0.810. The largest absolute Gasteiger partial charge is 0.379 e. The van der Waals surface area contributed by atoms with E-state index in [-0.39, 0.29) is 5.91 Å². The molecule has 2 aliphatic rings. The van der Waals surface area contributed by atoms with Crippen molar-refractivity contribution in [2.75, 3.05) is 45.9 Å². The third-order valence-electron chi connectivity index (χ3n) is 6.09. The van der Waals surface area contributed by atoms with Crippen LogP contribution in [0.2, 0.25) is 0 Å². The Bertz CT molecular complexity index is 806. The maximum Gasteiger partial charge on any atom is 0.253 e. The number of hydrogen-bond acceptors (Lipinski definition) is 3. The molecule has 0 atom stereocenters. The predicted octanol–water partition coefficient (Wildman–Crippen LogP) is 3.85. The van der Waals surface area contributed by atoms with Crippen molar-refractivity contribution in [3.05, 3.63) is 59.7 Å². The van der Waals surface area contributed by atoms with E-state index in [1.807, 2.05) is 23.1 Å². The van der Waals surface area contributed by atoms with Gasteiger partial charge in [0.05, 0.1) is 13.2 Å². The third kappa shape index (κ3) is 4.45. The van der Waals surface area contributed by atoms with E-state index in [0.29, 0.717) is 5.92 Å². The molecule has 2 heterocycles. The number of morpholine rings is 1. The van der Waals surface area contributed by atoms with Gasteiger partial charge in [-0.15, -0.1) is 0 Å². The van der Waals surface area contributed by atoms with Gasteiger partial charge in [-0.1, -0.05) is 36.4 Å². The molecule has 0 spiro atoms. The second-order valence-corrected chi connectivity index (χ2v) is 8.04. The molecule has 4 heteroatoms. The Morgan fingerprint density at radius 2 is 1.75 bits per heavy atom. The molecule has 2 aliphatic heterocycles. The summed E-state index contributed by atoms with van der Waals surface area (Å²) in [7, 11) is 0. The van der Waals surface area contributed by atoms with E-state index in [9.17, 15) is 4.79 Å². The molecule has 0 radical (unpaired) electrons. The monoisotopic (exact) mass is 378 g/mol. The van der Waals surface area contributed by atoms with Crippen LogP contribution in [-0.4, -0.2) is 61.6 Å². The van der Waals surface area contributed by atoms with Crippen LogP contribution in [-0.2, 0) is 4.74 Å². The van der Waals surface area contributed by atoms with Crippen LogP contribution in [0.3, 0.4) is 0 Å². The van der Waals surface area contributed by atoms with E-state index in [0.717, 1.165) is 69.9 Å². The lowest BCUT2D eigenvalue weighted by Crippen LogP contribution is -2.44. The molecule has 0 bridgehead atoms. The molecular formula is C24H30N2O2. The lowest BCUT2D eigenvalue weighted by Gasteiger charge is -2.36. The lowest BCUT2D eigenvalue weighted by atomic mass is 9.95. The minimum absolute atomic E-state index is 0.167. The zero-order chi connectivity index (χ0) is 19.3. The van der Waals surface area contributed by atoms with E-state index in [1.165, 1.54) is 11.1 Å². The molecule has 0 saturated carbocycles. The molecule has 4 rings (SSSR count). The number of amides is 1. The fourth-order valence-electron chi connectivity index (χ4n) is 4.37. The number of carbonyl (C=O) groups excluding carboxylic acids is 1. The van der Waals surface area contributed by atoms with E-state index >= 15 is 0 Å². The van der Waals surface area contributed by atoms with E-state index in [2.05, 4.69) is 42.2 Å². The van der Waals surface area contributed by atoms with E-state index < -0.39 is 0 Å². The summed E-state index contributed by atoms with van der Waals surface area (Å²) < 4.78 is 5.44. The van der Waals surface area contributed by atoms with Gasteiger partial charge in [0, 0.05) is 38.3 Å². The highest BCUT2D eigenvalue weighted by molar-refractivity contribution is 5.95. The highest BCUT2D eigenvalue weighted by atomic mass is 16.5. The predicted molar refractivity (Wildman–Crippen MR) is 113 cm³/mol. The van der Waals surface area contributed by atoms with Crippen molar-refractivity contribution >= 4 is 5.91 Å². The number of nitrogens with zero attached hydrogens (tertiary/aromatic N) is 2. The summed E-state index contributed by atoms with van der Waals surface area (Å²) in [5.74, 6) is 0.862. The van der Waals surface area contributed by atoms with Crippen LogP contribution in [0.4, 0.5) is 0 Å². The summed E-state index contributed by atoms with van der Waals surface area (Å²) >= 11 is 0. The zero-order valence-corrected chi connectivity index (χ0v) is 16.8. The van der Waals surface area contributed by atoms with Crippen LogP contribution in [0.5, 0.6) is 0 Å². The topological polar surface area (TPSA) is 32.8 Å². The summed E-state index contributed by atoms with van der Waals surface area (Å²) in [5, 5.41) is 0. The first-order valence-electron chi connectivity index (χ1n) is 10.5. The van der Waals surface area contributed by atoms with Crippen LogP contribution in [0.1, 0.15) is 28.8 Å². The Balaban J connectivity index is 1.38. The minimum Gasteiger partial charge on any atom is -0.379 e. The average molecular weight is 379 g/mol. The summed E-state index contributed by atoms with van der Waals surface area (Å²) in [6.45, 7) is 8.79. The number of piperidine rings is 1. The molecule has 0 aromatic heterocycles. The molecule has 2 saturated heterocycles. The number of likely N-dealkylation sites (tertiary alicyclic amines) is 1. The molecule has 1 amide bonds. The first-order valence-corrected chi connectivity index (χ1v) is 10.5. The fourth-order valence-corrected chi connectivity index (χ4v) is 4.37. The molecule has 0 aliphatic carbocycles. The summed E-state index contributed by atoms with van der Waals surface area (Å²) in [6.07, 6.45) is 2.20. The smallest absolute Gasteiger partial charge is 0.253 e. The van der Waals surface area contributed by atoms with Crippen LogP contribution in [0.25, 0.3) is 11.1 Å². The fraction of sp³-hybridized carbons (Fsp3) is 0.458. The minimum atomic E-state index is 0.167. The SMILES string of the molecule is Cc1ccccc1-c1cccc(C(=O)N2CCC(CN3CCOCC3)CC2)c1. The first kappa shape index (κ1) is 19.2. The van der Waals surface area contributed by atoms with Crippen molar-refractivity contribution in [3.63, 3.8) is 0 Å². The molecule has 28 heavy (non-hydrogen) atoms. The summed E-state index contributed by atoms with van der Waals surface area (Å²) in [4.78, 5) is 17.6. The Morgan fingerprint density at radius 1 is 1.00 bits per heavy atom. The van der Waals surface area contributed by atoms with Gasteiger partial charge >= 0.3 is 0 Å². The van der Waals surface area contributed by atoms with Gasteiger partial charge < -0.3 is 9.64 Å². The number of aryl methyl sites for hydroxylation is 1. The van der Waals surface area contributed by atoms with Crippen LogP contribution >= 0.6 is 0 Å². The normalized spacial score (nSPS) is 19.0. The third-order valence-corrected chi connectivity index (χ3v) is 6.09. The van der Waals surface area contributed by atoms with Crippen molar-refractivity contribution in [1.29, 1.82) is 0 Å². The molecule has 2 aromatic carbocycles. The molecular weight excluding hydrogens is 348 g/mol. The second kappa shape index (κ2) is 8.89. The Morgan fingerprint density at radius 3 is 2.50 bits per heavy atom. The number of carbonyl (C=O) groups is 1. The van der Waals surface area contributed by atoms with Crippen molar-refractivity contribution in [1.82, 2.24) is 9.80 Å². The van der Waals surface area contributed by atoms with Crippen molar-refractivity contribution in [2.24, 2.45) is 5.92 Å². The molecule has 0 unspecified atom stereocenters. The van der Waals surface area contributed by atoms with Gasteiger partial charge in [-0.05, 0) is 54.5 Å². The van der Waals surface area contributed by atoms with Crippen LogP contribution < -0.4 is 0 Å². The van der Waals surface area contributed by atoms with Gasteiger partial charge in [0.25, 0.3) is 5.91 Å². The van der Waals surface area contributed by atoms with Crippen LogP contribution in [0, 0.1) is 12.8 Å². The molecule has 4 nitrogen and oxygen atoms in total. The molecule has 2 fully saturated rings. The number of benzene rings is 2. The van der Waals surface area contributed by atoms with Crippen molar-refractivity contribution in [3.8, 4) is 11.1 Å². The highest BCUT2D eigenvalue weighted by Crippen LogP contribution is 2.26. The van der Waals surface area contributed by atoms with Crippen LogP contribution in [0.15, 0.2) is 48.5 Å². The van der Waals surface area contributed by atoms with Gasteiger partial charge in [-0.3, -0.25) is 9.69 Å². The Kier molecular flexibility index (Phi) is 6.08. The molecule has 0 N–H and O–H groups in total. The Hall–Kier alpha value is -2.17. The van der Waals surface area contributed by atoms with Gasteiger partial charge in [-0.25, -0.2) is 0 Å². The lowest BCUT2D eigenvalue weighted by molar-refractivity contribution is 0.0243. The Labute approximate surface area is 168 Å².